The zero-order valence-corrected chi connectivity index (χ0v) is 17.2. The van der Waals surface area contributed by atoms with Gasteiger partial charge in [0.25, 0.3) is 5.69 Å². The Labute approximate surface area is 174 Å². The highest BCUT2D eigenvalue weighted by Gasteiger charge is 2.34. The number of benzene rings is 1. The van der Waals surface area contributed by atoms with Crippen molar-refractivity contribution in [2.45, 2.75) is 70.3 Å². The highest BCUT2D eigenvalue weighted by atomic mass is 35.5. The Morgan fingerprint density at radius 2 is 1.86 bits per heavy atom. The second-order valence-corrected chi connectivity index (χ2v) is 8.09. The molecule has 156 valence electrons. The summed E-state index contributed by atoms with van der Waals surface area (Å²) >= 11 is 5.92. The van der Waals surface area contributed by atoms with E-state index in [0.29, 0.717) is 16.8 Å². The van der Waals surface area contributed by atoms with Crippen molar-refractivity contribution in [1.29, 1.82) is 0 Å². The maximum atomic E-state index is 13.1. The molecule has 1 aliphatic heterocycles. The summed E-state index contributed by atoms with van der Waals surface area (Å²) in [4.78, 5) is 35.9. The van der Waals surface area contributed by atoms with Gasteiger partial charge in [-0.2, -0.15) is 0 Å². The number of nitro groups is 1. The van der Waals surface area contributed by atoms with Crippen molar-refractivity contribution in [2.24, 2.45) is 0 Å². The number of amides is 1. The van der Waals surface area contributed by atoms with Crippen molar-refractivity contribution in [1.82, 2.24) is 5.32 Å². The number of esters is 1. The predicted octanol–water partition coefficient (Wildman–Crippen LogP) is 4.78. The SMILES string of the molecule is CC1=C(C(=O)OC2CCCCCCC2)C(c2ccc(Cl)c([N+](=O)[O-])c2)CC(=O)N1. The van der Waals surface area contributed by atoms with Crippen molar-refractivity contribution in [3.63, 3.8) is 0 Å². The minimum Gasteiger partial charge on any atom is -0.459 e. The van der Waals surface area contributed by atoms with E-state index >= 15 is 0 Å². The lowest BCUT2D eigenvalue weighted by Gasteiger charge is -2.28. The lowest BCUT2D eigenvalue weighted by molar-refractivity contribution is -0.384. The first kappa shape index (κ1) is 21.3. The molecule has 3 rings (SSSR count). The second-order valence-electron chi connectivity index (χ2n) is 7.68. The number of ether oxygens (including phenoxy) is 1. The van der Waals surface area contributed by atoms with Gasteiger partial charge in [0.2, 0.25) is 5.91 Å². The number of nitrogens with zero attached hydrogens (tertiary/aromatic N) is 1. The van der Waals surface area contributed by atoms with Crippen LogP contribution in [0.4, 0.5) is 5.69 Å². The van der Waals surface area contributed by atoms with Gasteiger partial charge >= 0.3 is 5.97 Å². The van der Waals surface area contributed by atoms with Gasteiger partial charge in [-0.3, -0.25) is 14.9 Å². The minimum atomic E-state index is -0.610. The number of hydrogen-bond donors (Lipinski definition) is 1. The van der Waals surface area contributed by atoms with Crippen LogP contribution in [-0.4, -0.2) is 22.9 Å². The fraction of sp³-hybridized carbons (Fsp3) is 0.524. The van der Waals surface area contributed by atoms with E-state index in [0.717, 1.165) is 38.5 Å². The first-order valence-corrected chi connectivity index (χ1v) is 10.4. The van der Waals surface area contributed by atoms with Gasteiger partial charge in [-0.15, -0.1) is 0 Å². The summed E-state index contributed by atoms with van der Waals surface area (Å²) in [6.45, 7) is 1.66. The number of carbonyl (C=O) groups is 2. The Kier molecular flexibility index (Phi) is 6.90. The lowest BCUT2D eigenvalue weighted by atomic mass is 9.84. The molecule has 1 unspecified atom stereocenters. The third-order valence-corrected chi connectivity index (χ3v) is 5.90. The molecule has 1 aliphatic carbocycles. The molecular formula is C21H25ClN2O5. The van der Waals surface area contributed by atoms with Crippen LogP contribution in [0.2, 0.25) is 5.02 Å². The Bertz CT molecular complexity index is 843. The molecule has 0 spiro atoms. The summed E-state index contributed by atoms with van der Waals surface area (Å²) in [6.07, 6.45) is 7.11. The van der Waals surface area contributed by atoms with Gasteiger partial charge in [-0.1, -0.05) is 36.9 Å². The van der Waals surface area contributed by atoms with E-state index in [4.69, 9.17) is 16.3 Å². The third-order valence-electron chi connectivity index (χ3n) is 5.58. The highest BCUT2D eigenvalue weighted by Crippen LogP contribution is 2.37. The molecule has 1 aromatic carbocycles. The first-order valence-electron chi connectivity index (χ1n) is 10.0. The molecule has 29 heavy (non-hydrogen) atoms. The molecule has 8 heteroatoms. The Morgan fingerprint density at radius 1 is 1.21 bits per heavy atom. The van der Waals surface area contributed by atoms with Crippen molar-refractivity contribution in [2.75, 3.05) is 0 Å². The van der Waals surface area contributed by atoms with Crippen LogP contribution < -0.4 is 5.32 Å². The summed E-state index contributed by atoms with van der Waals surface area (Å²) < 4.78 is 5.82. The average Bonchev–Trinajstić information content (AvgIpc) is 2.63. The van der Waals surface area contributed by atoms with E-state index < -0.39 is 16.8 Å². The fourth-order valence-corrected chi connectivity index (χ4v) is 4.28. The topological polar surface area (TPSA) is 98.5 Å². The van der Waals surface area contributed by atoms with Crippen LogP contribution in [0.3, 0.4) is 0 Å². The highest BCUT2D eigenvalue weighted by molar-refractivity contribution is 6.32. The van der Waals surface area contributed by atoms with E-state index in [9.17, 15) is 19.7 Å². The summed E-state index contributed by atoms with van der Waals surface area (Å²) in [6, 6.07) is 4.38. The Morgan fingerprint density at radius 3 is 2.52 bits per heavy atom. The number of allylic oxidation sites excluding steroid dienone is 1. The number of hydrogen-bond acceptors (Lipinski definition) is 5. The number of halogens is 1. The minimum absolute atomic E-state index is 0.0124. The molecule has 1 saturated carbocycles. The van der Waals surface area contributed by atoms with Crippen LogP contribution in [0.15, 0.2) is 29.5 Å². The van der Waals surface area contributed by atoms with E-state index in [-0.39, 0.29) is 29.1 Å². The number of carbonyl (C=O) groups excluding carboxylic acids is 2. The molecule has 1 N–H and O–H groups in total. The smallest absolute Gasteiger partial charge is 0.336 e. The molecule has 0 bridgehead atoms. The standard InChI is InChI=1S/C21H25ClN2O5/c1-13-20(21(26)29-15-7-5-3-2-4-6-8-15)16(12-19(25)23-13)14-9-10-17(22)18(11-14)24(27)28/h9-11,15-16H,2-8,12H2,1H3,(H,23,25). The largest absolute Gasteiger partial charge is 0.459 e. The molecule has 1 atom stereocenters. The van der Waals surface area contributed by atoms with Crippen LogP contribution >= 0.6 is 11.6 Å². The number of rotatable bonds is 4. The monoisotopic (exact) mass is 420 g/mol. The zero-order valence-electron chi connectivity index (χ0n) is 16.4. The molecule has 7 nitrogen and oxygen atoms in total. The van der Waals surface area contributed by atoms with E-state index in [1.54, 1.807) is 13.0 Å². The van der Waals surface area contributed by atoms with E-state index in [1.165, 1.54) is 18.6 Å². The van der Waals surface area contributed by atoms with Crippen molar-refractivity contribution < 1.29 is 19.2 Å². The zero-order chi connectivity index (χ0) is 21.0. The third kappa shape index (κ3) is 5.15. The van der Waals surface area contributed by atoms with Gasteiger partial charge < -0.3 is 10.1 Å². The number of nitro benzene ring substituents is 1. The molecule has 1 aromatic rings. The second kappa shape index (κ2) is 9.39. The maximum Gasteiger partial charge on any atom is 0.336 e. The molecule has 0 aromatic heterocycles. The molecule has 2 aliphatic rings. The predicted molar refractivity (Wildman–Crippen MR) is 109 cm³/mol. The molecule has 0 radical (unpaired) electrons. The van der Waals surface area contributed by atoms with E-state index in [2.05, 4.69) is 5.32 Å². The van der Waals surface area contributed by atoms with Crippen molar-refractivity contribution >= 4 is 29.2 Å². The Balaban J connectivity index is 1.88. The first-order chi connectivity index (χ1) is 13.9. The number of nitrogens with one attached hydrogen (secondary N) is 1. The van der Waals surface area contributed by atoms with Crippen molar-refractivity contribution in [3.8, 4) is 0 Å². The summed E-state index contributed by atoms with van der Waals surface area (Å²) in [5, 5.41) is 14.0. The van der Waals surface area contributed by atoms with Crippen LogP contribution in [0.25, 0.3) is 0 Å². The lowest BCUT2D eigenvalue weighted by Crippen LogP contribution is -2.35. The van der Waals surface area contributed by atoms with Crippen molar-refractivity contribution in [3.05, 3.63) is 50.2 Å². The molecule has 1 heterocycles. The van der Waals surface area contributed by atoms with Gasteiger partial charge in [0, 0.05) is 24.1 Å². The van der Waals surface area contributed by atoms with Gasteiger partial charge in [-0.25, -0.2) is 4.79 Å². The Hall–Kier alpha value is -2.41. The van der Waals surface area contributed by atoms with Gasteiger partial charge in [0.05, 0.1) is 10.5 Å². The normalized spacial score (nSPS) is 21.2. The van der Waals surface area contributed by atoms with Crippen LogP contribution in [0.1, 0.15) is 69.8 Å². The fourth-order valence-electron chi connectivity index (χ4n) is 4.09. The average molecular weight is 421 g/mol. The summed E-state index contributed by atoms with van der Waals surface area (Å²) in [7, 11) is 0. The molecule has 0 saturated heterocycles. The van der Waals surface area contributed by atoms with Gasteiger partial charge in [0.15, 0.2) is 0 Å². The summed E-state index contributed by atoms with van der Waals surface area (Å²) in [5.41, 5.74) is 1.03. The maximum absolute atomic E-state index is 13.1. The molecular weight excluding hydrogens is 396 g/mol. The van der Waals surface area contributed by atoms with Gasteiger partial charge in [0.1, 0.15) is 11.1 Å². The molecule has 1 amide bonds. The van der Waals surface area contributed by atoms with Crippen LogP contribution in [0, 0.1) is 10.1 Å². The quantitative estimate of drug-likeness (QED) is 0.429. The van der Waals surface area contributed by atoms with Gasteiger partial charge in [-0.05, 0) is 44.2 Å². The van der Waals surface area contributed by atoms with Crippen LogP contribution in [-0.2, 0) is 14.3 Å². The summed E-state index contributed by atoms with van der Waals surface area (Å²) in [5.74, 6) is -1.32. The molecule has 1 fully saturated rings. The van der Waals surface area contributed by atoms with E-state index in [1.807, 2.05) is 0 Å². The van der Waals surface area contributed by atoms with Crippen LogP contribution in [0.5, 0.6) is 0 Å².